The van der Waals surface area contributed by atoms with Gasteiger partial charge >= 0.3 is 0 Å². The standard InChI is InChI=1S/C17H20FN3O3/c1-20-11-14(16(22)13-10-12(18)2-3-15(13)20)17(23)19-4-5-21-6-8-24-9-7-21/h2-3,10-11H,4-9H2,1H3,(H,19,23). The highest BCUT2D eigenvalue weighted by atomic mass is 19.1. The van der Waals surface area contributed by atoms with Gasteiger partial charge in [0.25, 0.3) is 5.91 Å². The van der Waals surface area contributed by atoms with Gasteiger partial charge in [-0.3, -0.25) is 14.5 Å². The molecular weight excluding hydrogens is 313 g/mol. The zero-order valence-corrected chi connectivity index (χ0v) is 13.5. The Morgan fingerprint density at radius 2 is 2.08 bits per heavy atom. The van der Waals surface area contributed by atoms with Crippen LogP contribution < -0.4 is 10.7 Å². The lowest BCUT2D eigenvalue weighted by Gasteiger charge is -2.26. The van der Waals surface area contributed by atoms with Gasteiger partial charge in [-0.05, 0) is 18.2 Å². The minimum Gasteiger partial charge on any atom is -0.379 e. The molecule has 0 saturated carbocycles. The number of aromatic nitrogens is 1. The van der Waals surface area contributed by atoms with E-state index in [0.717, 1.165) is 13.1 Å². The summed E-state index contributed by atoms with van der Waals surface area (Å²) < 4.78 is 20.4. The number of hydrogen-bond donors (Lipinski definition) is 1. The van der Waals surface area contributed by atoms with Crippen LogP contribution >= 0.6 is 0 Å². The summed E-state index contributed by atoms with van der Waals surface area (Å²) in [7, 11) is 1.73. The highest BCUT2D eigenvalue weighted by Crippen LogP contribution is 2.12. The summed E-state index contributed by atoms with van der Waals surface area (Å²) in [5, 5.41) is 2.97. The minimum absolute atomic E-state index is 0.0255. The van der Waals surface area contributed by atoms with Gasteiger partial charge < -0.3 is 14.6 Å². The predicted molar refractivity (Wildman–Crippen MR) is 88.7 cm³/mol. The van der Waals surface area contributed by atoms with Gasteiger partial charge in [-0.15, -0.1) is 0 Å². The Morgan fingerprint density at radius 3 is 2.83 bits per heavy atom. The van der Waals surface area contributed by atoms with E-state index >= 15 is 0 Å². The molecule has 1 amide bonds. The summed E-state index contributed by atoms with van der Waals surface area (Å²) in [6.45, 7) is 4.23. The van der Waals surface area contributed by atoms with E-state index in [9.17, 15) is 14.0 Å². The highest BCUT2D eigenvalue weighted by molar-refractivity contribution is 5.97. The molecular formula is C17H20FN3O3. The summed E-state index contributed by atoms with van der Waals surface area (Å²) in [6, 6.07) is 4.00. The molecule has 6 nitrogen and oxygen atoms in total. The minimum atomic E-state index is -0.496. The number of fused-ring (bicyclic) bond motifs is 1. The van der Waals surface area contributed by atoms with Crippen molar-refractivity contribution in [1.82, 2.24) is 14.8 Å². The Labute approximate surface area is 138 Å². The summed E-state index contributed by atoms with van der Waals surface area (Å²) in [4.78, 5) is 27.0. The van der Waals surface area contributed by atoms with Crippen molar-refractivity contribution in [2.75, 3.05) is 39.4 Å². The Bertz CT molecular complexity index is 813. The van der Waals surface area contributed by atoms with E-state index in [1.165, 1.54) is 24.4 Å². The fraction of sp³-hybridized carbons (Fsp3) is 0.412. The second-order valence-corrected chi connectivity index (χ2v) is 5.85. The first-order valence-corrected chi connectivity index (χ1v) is 7.93. The highest BCUT2D eigenvalue weighted by Gasteiger charge is 2.16. The fourth-order valence-electron chi connectivity index (χ4n) is 2.87. The first kappa shape index (κ1) is 16.6. The summed E-state index contributed by atoms with van der Waals surface area (Å²) in [6.07, 6.45) is 1.49. The van der Waals surface area contributed by atoms with Crippen molar-refractivity contribution in [2.45, 2.75) is 0 Å². The molecule has 128 valence electrons. The molecule has 24 heavy (non-hydrogen) atoms. The molecule has 0 bridgehead atoms. The average Bonchev–Trinajstić information content (AvgIpc) is 2.58. The van der Waals surface area contributed by atoms with Crippen LogP contribution in [0.1, 0.15) is 10.4 Å². The number of benzene rings is 1. The van der Waals surface area contributed by atoms with Crippen LogP contribution in [-0.2, 0) is 11.8 Å². The summed E-state index contributed by atoms with van der Waals surface area (Å²) >= 11 is 0. The number of ether oxygens (including phenoxy) is 1. The molecule has 0 spiro atoms. The zero-order chi connectivity index (χ0) is 17.1. The van der Waals surface area contributed by atoms with E-state index in [1.807, 2.05) is 0 Å². The maximum Gasteiger partial charge on any atom is 0.256 e. The molecule has 1 aromatic heterocycles. The number of nitrogens with zero attached hydrogens (tertiary/aromatic N) is 2. The average molecular weight is 333 g/mol. The van der Waals surface area contributed by atoms with Crippen molar-refractivity contribution in [2.24, 2.45) is 7.05 Å². The Kier molecular flexibility index (Phi) is 4.92. The third kappa shape index (κ3) is 3.47. The number of carbonyl (C=O) groups excluding carboxylic acids is 1. The van der Waals surface area contributed by atoms with Gasteiger partial charge in [0, 0.05) is 44.8 Å². The molecule has 1 fully saturated rings. The van der Waals surface area contributed by atoms with Gasteiger partial charge in [-0.2, -0.15) is 0 Å². The number of amides is 1. The lowest BCUT2D eigenvalue weighted by molar-refractivity contribution is 0.0383. The maximum atomic E-state index is 13.4. The van der Waals surface area contributed by atoms with Crippen molar-refractivity contribution in [3.8, 4) is 0 Å². The van der Waals surface area contributed by atoms with Crippen molar-refractivity contribution in [3.05, 3.63) is 46.0 Å². The third-order valence-corrected chi connectivity index (χ3v) is 4.21. The molecule has 0 atom stereocenters. The van der Waals surface area contributed by atoms with Gasteiger partial charge in [-0.25, -0.2) is 4.39 Å². The van der Waals surface area contributed by atoms with E-state index in [1.54, 1.807) is 11.6 Å². The topological polar surface area (TPSA) is 63.6 Å². The molecule has 7 heteroatoms. The van der Waals surface area contributed by atoms with Gasteiger partial charge in [0.1, 0.15) is 11.4 Å². The Hall–Kier alpha value is -2.25. The van der Waals surface area contributed by atoms with Crippen LogP contribution in [0.15, 0.2) is 29.2 Å². The number of pyridine rings is 1. The lowest BCUT2D eigenvalue weighted by atomic mass is 10.1. The molecule has 1 aliphatic rings. The Morgan fingerprint density at radius 1 is 1.33 bits per heavy atom. The fourth-order valence-corrected chi connectivity index (χ4v) is 2.87. The van der Waals surface area contributed by atoms with Gasteiger partial charge in [-0.1, -0.05) is 0 Å². The SMILES string of the molecule is Cn1cc(C(=O)NCCN2CCOCC2)c(=O)c2cc(F)ccc21. The molecule has 3 rings (SSSR count). The number of nitrogens with one attached hydrogen (secondary N) is 1. The van der Waals surface area contributed by atoms with Gasteiger partial charge in [0.15, 0.2) is 0 Å². The number of morpholine rings is 1. The van der Waals surface area contributed by atoms with E-state index in [2.05, 4.69) is 10.2 Å². The maximum absolute atomic E-state index is 13.4. The second-order valence-electron chi connectivity index (χ2n) is 5.85. The van der Waals surface area contributed by atoms with Crippen molar-refractivity contribution >= 4 is 16.8 Å². The van der Waals surface area contributed by atoms with E-state index < -0.39 is 17.2 Å². The first-order chi connectivity index (χ1) is 11.6. The van der Waals surface area contributed by atoms with Gasteiger partial charge in [0.05, 0.1) is 18.7 Å². The van der Waals surface area contributed by atoms with Crippen molar-refractivity contribution < 1.29 is 13.9 Å². The molecule has 1 aliphatic heterocycles. The van der Waals surface area contributed by atoms with Crippen LogP contribution in [0.2, 0.25) is 0 Å². The van der Waals surface area contributed by atoms with Gasteiger partial charge in [0.2, 0.25) is 5.43 Å². The number of rotatable bonds is 4. The zero-order valence-electron chi connectivity index (χ0n) is 13.5. The number of hydrogen-bond acceptors (Lipinski definition) is 4. The van der Waals surface area contributed by atoms with Crippen LogP contribution in [-0.4, -0.2) is 54.8 Å². The summed E-state index contributed by atoms with van der Waals surface area (Å²) in [5.74, 6) is -0.931. The number of carbonyl (C=O) groups is 1. The Balaban J connectivity index is 1.74. The molecule has 1 saturated heterocycles. The first-order valence-electron chi connectivity index (χ1n) is 7.93. The largest absolute Gasteiger partial charge is 0.379 e. The van der Waals surface area contributed by atoms with Crippen molar-refractivity contribution in [1.29, 1.82) is 0 Å². The molecule has 0 unspecified atom stereocenters. The quantitative estimate of drug-likeness (QED) is 0.896. The van der Waals surface area contributed by atoms with Crippen molar-refractivity contribution in [3.63, 3.8) is 0 Å². The van der Waals surface area contributed by atoms with Crippen LogP contribution in [0.4, 0.5) is 4.39 Å². The van der Waals surface area contributed by atoms with Crippen LogP contribution in [0.3, 0.4) is 0 Å². The molecule has 2 aromatic rings. The van der Waals surface area contributed by atoms with Crippen LogP contribution in [0.25, 0.3) is 10.9 Å². The second kappa shape index (κ2) is 7.11. The van der Waals surface area contributed by atoms with E-state index in [0.29, 0.717) is 31.8 Å². The van der Waals surface area contributed by atoms with E-state index in [4.69, 9.17) is 4.74 Å². The normalized spacial score (nSPS) is 15.6. The molecule has 1 aromatic carbocycles. The number of aryl methyl sites for hydroxylation is 1. The number of halogens is 1. The molecule has 1 N–H and O–H groups in total. The third-order valence-electron chi connectivity index (χ3n) is 4.21. The molecule has 0 aliphatic carbocycles. The molecule has 0 radical (unpaired) electrons. The smallest absolute Gasteiger partial charge is 0.256 e. The predicted octanol–water partition coefficient (Wildman–Crippen LogP) is 0.740. The molecule has 2 heterocycles. The monoisotopic (exact) mass is 333 g/mol. The lowest BCUT2D eigenvalue weighted by Crippen LogP contribution is -2.42. The summed E-state index contributed by atoms with van der Waals surface area (Å²) in [5.41, 5.74) is 0.162. The van der Waals surface area contributed by atoms with E-state index in [-0.39, 0.29) is 10.9 Å². The van der Waals surface area contributed by atoms with Crippen LogP contribution in [0, 0.1) is 5.82 Å². The van der Waals surface area contributed by atoms with Crippen LogP contribution in [0.5, 0.6) is 0 Å².